The number of rotatable bonds is 5. The van der Waals surface area contributed by atoms with Crippen LogP contribution in [-0.2, 0) is 0 Å². The van der Waals surface area contributed by atoms with Crippen LogP contribution in [-0.4, -0.2) is 35.4 Å². The minimum atomic E-state index is -0.115. The van der Waals surface area contributed by atoms with E-state index in [1.807, 2.05) is 31.2 Å². The third-order valence-corrected chi connectivity index (χ3v) is 5.26. The van der Waals surface area contributed by atoms with E-state index in [-0.39, 0.29) is 11.8 Å². The van der Waals surface area contributed by atoms with Gasteiger partial charge in [0.2, 0.25) is 5.78 Å². The fourth-order valence-electron chi connectivity index (χ4n) is 3.62. The van der Waals surface area contributed by atoms with Crippen LogP contribution in [0.25, 0.3) is 6.08 Å². The molecule has 0 saturated carbocycles. The topological polar surface area (TPSA) is 58.1 Å². The summed E-state index contributed by atoms with van der Waals surface area (Å²) in [6, 6.07) is 18.1. The number of carbonyl (C=O) groups is 1. The SMILES string of the molecule is C=Cc1cnc(C)c(C(=O)c2cccc(N3CCNC(c4ccccc4)C3)n2)c1. The molecule has 3 heterocycles. The van der Waals surface area contributed by atoms with Gasteiger partial charge in [0.05, 0.1) is 0 Å². The van der Waals surface area contributed by atoms with E-state index in [1.54, 1.807) is 18.3 Å². The van der Waals surface area contributed by atoms with Crippen LogP contribution in [0.5, 0.6) is 0 Å². The lowest BCUT2D eigenvalue weighted by atomic mass is 10.0. The van der Waals surface area contributed by atoms with Crippen molar-refractivity contribution in [1.82, 2.24) is 15.3 Å². The average Bonchev–Trinajstić information content (AvgIpc) is 2.80. The molecule has 4 rings (SSSR count). The van der Waals surface area contributed by atoms with Crippen molar-refractivity contribution >= 4 is 17.7 Å². The fraction of sp³-hybridized carbons (Fsp3) is 0.208. The van der Waals surface area contributed by atoms with Crippen molar-refractivity contribution in [3.05, 3.63) is 95.5 Å². The van der Waals surface area contributed by atoms with E-state index in [9.17, 15) is 4.79 Å². The molecule has 1 aliphatic rings. The van der Waals surface area contributed by atoms with Crippen molar-refractivity contribution in [2.24, 2.45) is 0 Å². The predicted molar refractivity (Wildman–Crippen MR) is 116 cm³/mol. The van der Waals surface area contributed by atoms with Crippen LogP contribution in [0.3, 0.4) is 0 Å². The summed E-state index contributed by atoms with van der Waals surface area (Å²) in [5.74, 6) is 0.707. The van der Waals surface area contributed by atoms with E-state index in [0.29, 0.717) is 17.0 Å². The highest BCUT2D eigenvalue weighted by atomic mass is 16.1. The molecule has 1 saturated heterocycles. The van der Waals surface area contributed by atoms with Gasteiger partial charge in [0.1, 0.15) is 11.5 Å². The van der Waals surface area contributed by atoms with Crippen LogP contribution >= 0.6 is 0 Å². The summed E-state index contributed by atoms with van der Waals surface area (Å²) in [4.78, 5) is 24.3. The zero-order valence-electron chi connectivity index (χ0n) is 16.5. The Labute approximate surface area is 171 Å². The molecule has 0 radical (unpaired) electrons. The molecule has 146 valence electrons. The third kappa shape index (κ3) is 4.10. The van der Waals surface area contributed by atoms with E-state index in [0.717, 1.165) is 31.0 Å². The Balaban J connectivity index is 1.59. The molecule has 1 atom stereocenters. The normalized spacial score (nSPS) is 16.4. The van der Waals surface area contributed by atoms with E-state index < -0.39 is 0 Å². The Morgan fingerprint density at radius 3 is 2.83 bits per heavy atom. The molecule has 1 aliphatic heterocycles. The number of anilines is 1. The number of ketones is 1. The quantitative estimate of drug-likeness (QED) is 0.678. The number of nitrogens with one attached hydrogen (secondary N) is 1. The third-order valence-electron chi connectivity index (χ3n) is 5.26. The van der Waals surface area contributed by atoms with Crippen molar-refractivity contribution in [3.63, 3.8) is 0 Å². The van der Waals surface area contributed by atoms with Crippen molar-refractivity contribution < 1.29 is 4.79 Å². The molecule has 2 aromatic heterocycles. The minimum Gasteiger partial charge on any atom is -0.353 e. The molecule has 1 fully saturated rings. The summed E-state index contributed by atoms with van der Waals surface area (Å²) < 4.78 is 0. The van der Waals surface area contributed by atoms with Crippen molar-refractivity contribution in [2.45, 2.75) is 13.0 Å². The zero-order chi connectivity index (χ0) is 20.2. The maximum absolute atomic E-state index is 13.1. The Morgan fingerprint density at radius 1 is 1.21 bits per heavy atom. The second-order valence-corrected chi connectivity index (χ2v) is 7.18. The number of benzene rings is 1. The van der Waals surface area contributed by atoms with Crippen LogP contribution in [0.2, 0.25) is 0 Å². The second-order valence-electron chi connectivity index (χ2n) is 7.18. The number of aryl methyl sites for hydroxylation is 1. The van der Waals surface area contributed by atoms with Gasteiger partial charge in [0, 0.05) is 43.1 Å². The average molecular weight is 384 g/mol. The summed E-state index contributed by atoms with van der Waals surface area (Å²) >= 11 is 0. The number of hydrogen-bond acceptors (Lipinski definition) is 5. The monoisotopic (exact) mass is 384 g/mol. The molecule has 5 heteroatoms. The first-order valence-electron chi connectivity index (χ1n) is 9.80. The highest BCUT2D eigenvalue weighted by Crippen LogP contribution is 2.22. The first-order chi connectivity index (χ1) is 14.2. The zero-order valence-corrected chi connectivity index (χ0v) is 16.5. The van der Waals surface area contributed by atoms with Crippen molar-refractivity contribution in [1.29, 1.82) is 0 Å². The molecular weight excluding hydrogens is 360 g/mol. The van der Waals surface area contributed by atoms with Gasteiger partial charge in [-0.25, -0.2) is 4.98 Å². The van der Waals surface area contributed by atoms with Gasteiger partial charge in [-0.15, -0.1) is 0 Å². The Bertz CT molecular complexity index is 1030. The molecule has 1 aromatic carbocycles. The van der Waals surface area contributed by atoms with E-state index in [2.05, 4.69) is 46.0 Å². The van der Waals surface area contributed by atoms with Gasteiger partial charge in [-0.2, -0.15) is 0 Å². The number of piperazine rings is 1. The van der Waals surface area contributed by atoms with Crippen LogP contribution < -0.4 is 10.2 Å². The highest BCUT2D eigenvalue weighted by molar-refractivity contribution is 6.08. The highest BCUT2D eigenvalue weighted by Gasteiger charge is 2.23. The minimum absolute atomic E-state index is 0.115. The second kappa shape index (κ2) is 8.37. The largest absolute Gasteiger partial charge is 0.353 e. The lowest BCUT2D eigenvalue weighted by Crippen LogP contribution is -2.46. The van der Waals surface area contributed by atoms with Gasteiger partial charge in [-0.05, 0) is 36.2 Å². The maximum atomic E-state index is 13.1. The summed E-state index contributed by atoms with van der Waals surface area (Å²) in [5, 5.41) is 3.56. The van der Waals surface area contributed by atoms with Gasteiger partial charge in [0.25, 0.3) is 0 Å². The lowest BCUT2D eigenvalue weighted by molar-refractivity contribution is 0.103. The summed E-state index contributed by atoms with van der Waals surface area (Å²) in [7, 11) is 0. The van der Waals surface area contributed by atoms with Crippen LogP contribution in [0.1, 0.15) is 38.9 Å². The number of aromatic nitrogens is 2. The molecule has 29 heavy (non-hydrogen) atoms. The standard InChI is InChI=1S/C24H24N4O/c1-3-18-14-20(17(2)26-15-18)24(29)21-10-7-11-23(27-21)28-13-12-25-22(16-28)19-8-5-4-6-9-19/h3-11,14-15,22,25H,1,12-13,16H2,2H3. The van der Waals surface area contributed by atoms with E-state index >= 15 is 0 Å². The molecule has 1 unspecified atom stereocenters. The first-order valence-corrected chi connectivity index (χ1v) is 9.80. The predicted octanol–water partition coefficient (Wildman–Crippen LogP) is 3.81. The van der Waals surface area contributed by atoms with Gasteiger partial charge < -0.3 is 10.2 Å². The van der Waals surface area contributed by atoms with Gasteiger partial charge in [-0.1, -0.05) is 49.1 Å². The summed E-state index contributed by atoms with van der Waals surface area (Å²) in [5.41, 5.74) is 3.77. The van der Waals surface area contributed by atoms with Gasteiger partial charge in [-0.3, -0.25) is 9.78 Å². The summed E-state index contributed by atoms with van der Waals surface area (Å²) in [6.07, 6.45) is 3.41. The fourth-order valence-corrected chi connectivity index (χ4v) is 3.62. The molecular formula is C24H24N4O. The molecule has 1 N–H and O–H groups in total. The van der Waals surface area contributed by atoms with Crippen LogP contribution in [0.15, 0.2) is 67.4 Å². The number of pyridine rings is 2. The number of hydrogen-bond donors (Lipinski definition) is 1. The Kier molecular flexibility index (Phi) is 5.49. The molecule has 0 bridgehead atoms. The lowest BCUT2D eigenvalue weighted by Gasteiger charge is -2.35. The smallest absolute Gasteiger partial charge is 0.213 e. The Hall–Kier alpha value is -3.31. The molecule has 0 amide bonds. The number of carbonyl (C=O) groups excluding carboxylic acids is 1. The van der Waals surface area contributed by atoms with Crippen LogP contribution in [0.4, 0.5) is 5.82 Å². The molecule has 0 aliphatic carbocycles. The maximum Gasteiger partial charge on any atom is 0.213 e. The van der Waals surface area contributed by atoms with E-state index in [4.69, 9.17) is 4.98 Å². The summed E-state index contributed by atoms with van der Waals surface area (Å²) in [6.45, 7) is 8.12. The first kappa shape index (κ1) is 19.0. The number of nitrogens with zero attached hydrogens (tertiary/aromatic N) is 3. The molecule has 3 aromatic rings. The Morgan fingerprint density at radius 2 is 2.03 bits per heavy atom. The van der Waals surface area contributed by atoms with Crippen LogP contribution in [0, 0.1) is 6.92 Å². The van der Waals surface area contributed by atoms with Crippen molar-refractivity contribution in [3.8, 4) is 0 Å². The molecule has 5 nitrogen and oxygen atoms in total. The van der Waals surface area contributed by atoms with Crippen molar-refractivity contribution in [2.75, 3.05) is 24.5 Å². The van der Waals surface area contributed by atoms with Gasteiger partial charge >= 0.3 is 0 Å². The molecule has 0 spiro atoms. The van der Waals surface area contributed by atoms with Gasteiger partial charge in [0.15, 0.2) is 0 Å². The van der Waals surface area contributed by atoms with E-state index in [1.165, 1.54) is 5.56 Å².